The molecule has 24 heavy (non-hydrogen) atoms. The fourth-order valence-electron chi connectivity index (χ4n) is 2.46. The van der Waals surface area contributed by atoms with Crippen molar-refractivity contribution in [2.75, 3.05) is 5.75 Å². The maximum absolute atomic E-state index is 10.3. The molecule has 3 rings (SSSR count). The lowest BCUT2D eigenvalue weighted by Gasteiger charge is -2.12. The summed E-state index contributed by atoms with van der Waals surface area (Å²) in [5.74, 6) is 1.39. The fourth-order valence-corrected chi connectivity index (χ4v) is 3.39. The fraction of sp³-hybridized carbons (Fsp3) is 0.278. The Kier molecular flexibility index (Phi) is 5.61. The summed E-state index contributed by atoms with van der Waals surface area (Å²) in [5.41, 5.74) is 1.92. The molecule has 0 aliphatic carbocycles. The number of pyridine rings is 1. The Morgan fingerprint density at radius 1 is 1.08 bits per heavy atom. The second-order valence-electron chi connectivity index (χ2n) is 5.43. The predicted molar refractivity (Wildman–Crippen MR) is 95.7 cm³/mol. The van der Waals surface area contributed by atoms with Gasteiger partial charge in [0.1, 0.15) is 0 Å². The van der Waals surface area contributed by atoms with Crippen LogP contribution in [0, 0.1) is 0 Å². The Morgan fingerprint density at radius 2 is 1.83 bits per heavy atom. The van der Waals surface area contributed by atoms with Gasteiger partial charge in [-0.15, -0.1) is 10.2 Å². The van der Waals surface area contributed by atoms with Crippen LogP contribution in [0.25, 0.3) is 11.4 Å². The number of benzene rings is 1. The summed E-state index contributed by atoms with van der Waals surface area (Å²) in [5, 5.41) is 19.8. The predicted octanol–water partition coefficient (Wildman–Crippen LogP) is 3.58. The molecule has 0 aliphatic rings. The summed E-state index contributed by atoms with van der Waals surface area (Å²) in [6.45, 7) is 2.97. The molecule has 1 unspecified atom stereocenters. The average Bonchev–Trinajstić information content (AvgIpc) is 3.04. The Morgan fingerprint density at radius 3 is 2.54 bits per heavy atom. The van der Waals surface area contributed by atoms with Crippen LogP contribution in [0.1, 0.15) is 25.0 Å². The molecular weight excluding hydrogens is 320 g/mol. The van der Waals surface area contributed by atoms with Crippen molar-refractivity contribution in [1.29, 1.82) is 0 Å². The van der Waals surface area contributed by atoms with Gasteiger partial charge in [0, 0.05) is 30.3 Å². The van der Waals surface area contributed by atoms with Crippen molar-refractivity contribution in [2.45, 2.75) is 31.1 Å². The van der Waals surface area contributed by atoms with E-state index in [0.717, 1.165) is 35.1 Å². The van der Waals surface area contributed by atoms with Crippen LogP contribution in [0.2, 0.25) is 0 Å². The second-order valence-corrected chi connectivity index (χ2v) is 6.42. The van der Waals surface area contributed by atoms with Crippen LogP contribution in [-0.4, -0.2) is 30.6 Å². The topological polar surface area (TPSA) is 63.8 Å². The minimum Gasteiger partial charge on any atom is -0.388 e. The van der Waals surface area contributed by atoms with Gasteiger partial charge in [0.2, 0.25) is 0 Å². The molecule has 1 N–H and O–H groups in total. The van der Waals surface area contributed by atoms with E-state index in [2.05, 4.69) is 26.7 Å². The maximum Gasteiger partial charge on any atom is 0.191 e. The molecule has 0 aliphatic heterocycles. The number of aliphatic hydroxyl groups is 1. The zero-order chi connectivity index (χ0) is 16.8. The molecule has 124 valence electrons. The molecule has 0 fully saturated rings. The number of hydrogen-bond acceptors (Lipinski definition) is 5. The highest BCUT2D eigenvalue weighted by molar-refractivity contribution is 7.99. The van der Waals surface area contributed by atoms with Gasteiger partial charge in [-0.1, -0.05) is 49.0 Å². The molecule has 1 aromatic carbocycles. The minimum atomic E-state index is -0.521. The highest BCUT2D eigenvalue weighted by Gasteiger charge is 2.16. The molecule has 0 radical (unpaired) electrons. The number of aromatic nitrogens is 4. The number of rotatable bonds is 7. The summed E-state index contributed by atoms with van der Waals surface area (Å²) in [6, 6.07) is 13.6. The Labute approximate surface area is 145 Å². The molecule has 0 saturated heterocycles. The summed E-state index contributed by atoms with van der Waals surface area (Å²) in [7, 11) is 0. The van der Waals surface area contributed by atoms with Crippen LogP contribution in [0.4, 0.5) is 0 Å². The zero-order valence-electron chi connectivity index (χ0n) is 13.5. The van der Waals surface area contributed by atoms with E-state index in [1.807, 2.05) is 42.5 Å². The second kappa shape index (κ2) is 8.08. The van der Waals surface area contributed by atoms with Crippen LogP contribution < -0.4 is 0 Å². The normalized spacial score (nSPS) is 12.2. The molecule has 6 heteroatoms. The quantitative estimate of drug-likeness (QED) is 0.666. The third kappa shape index (κ3) is 3.83. The van der Waals surface area contributed by atoms with Gasteiger partial charge in [0.05, 0.1) is 6.10 Å². The third-order valence-corrected chi connectivity index (χ3v) is 4.70. The smallest absolute Gasteiger partial charge is 0.191 e. The first-order valence-corrected chi connectivity index (χ1v) is 8.97. The standard InChI is InChI=1S/C18H20N4OS/c1-2-12-22-17(15-8-10-19-11-9-15)20-21-18(22)24-13-16(23)14-6-4-3-5-7-14/h3-11,16,23H,2,12-13H2,1H3. The molecule has 2 heterocycles. The Bertz CT molecular complexity index is 761. The molecule has 0 saturated carbocycles. The van der Waals surface area contributed by atoms with Crippen molar-refractivity contribution in [1.82, 2.24) is 19.7 Å². The number of thioether (sulfide) groups is 1. The van der Waals surface area contributed by atoms with E-state index in [9.17, 15) is 5.11 Å². The van der Waals surface area contributed by atoms with Gasteiger partial charge in [-0.3, -0.25) is 4.98 Å². The van der Waals surface area contributed by atoms with E-state index in [0.29, 0.717) is 5.75 Å². The monoisotopic (exact) mass is 340 g/mol. The van der Waals surface area contributed by atoms with Crippen molar-refractivity contribution >= 4 is 11.8 Å². The first-order chi connectivity index (χ1) is 11.8. The lowest BCUT2D eigenvalue weighted by atomic mass is 10.1. The average molecular weight is 340 g/mol. The molecule has 0 bridgehead atoms. The maximum atomic E-state index is 10.3. The molecule has 3 aromatic rings. The van der Waals surface area contributed by atoms with Gasteiger partial charge in [-0.05, 0) is 24.1 Å². The first kappa shape index (κ1) is 16.7. The van der Waals surface area contributed by atoms with E-state index in [1.165, 1.54) is 11.8 Å². The first-order valence-electron chi connectivity index (χ1n) is 7.99. The van der Waals surface area contributed by atoms with Gasteiger partial charge >= 0.3 is 0 Å². The molecule has 1 atom stereocenters. The van der Waals surface area contributed by atoms with Crippen molar-refractivity contribution in [3.63, 3.8) is 0 Å². The van der Waals surface area contributed by atoms with Gasteiger partial charge in [0.25, 0.3) is 0 Å². The van der Waals surface area contributed by atoms with E-state index < -0.39 is 6.10 Å². The van der Waals surface area contributed by atoms with Crippen LogP contribution >= 0.6 is 11.8 Å². The molecular formula is C18H20N4OS. The van der Waals surface area contributed by atoms with Crippen molar-refractivity contribution in [3.8, 4) is 11.4 Å². The van der Waals surface area contributed by atoms with Crippen LogP contribution in [0.15, 0.2) is 60.0 Å². The Balaban J connectivity index is 1.77. The van der Waals surface area contributed by atoms with Crippen molar-refractivity contribution in [3.05, 3.63) is 60.4 Å². The highest BCUT2D eigenvalue weighted by atomic mass is 32.2. The number of hydrogen-bond donors (Lipinski definition) is 1. The van der Waals surface area contributed by atoms with Gasteiger partial charge in [-0.25, -0.2) is 0 Å². The lowest BCUT2D eigenvalue weighted by molar-refractivity contribution is 0.204. The van der Waals surface area contributed by atoms with Crippen LogP contribution in [0.5, 0.6) is 0 Å². The summed E-state index contributed by atoms with van der Waals surface area (Å²) >= 11 is 1.53. The van der Waals surface area contributed by atoms with Crippen LogP contribution in [0.3, 0.4) is 0 Å². The number of aliphatic hydroxyl groups excluding tert-OH is 1. The van der Waals surface area contributed by atoms with Gasteiger partial charge < -0.3 is 9.67 Å². The summed E-state index contributed by atoms with van der Waals surface area (Å²) < 4.78 is 2.11. The SMILES string of the molecule is CCCn1c(SCC(O)c2ccccc2)nnc1-c1ccncc1. The van der Waals surface area contributed by atoms with Crippen molar-refractivity contribution in [2.24, 2.45) is 0 Å². The van der Waals surface area contributed by atoms with Crippen LogP contribution in [-0.2, 0) is 6.54 Å². The van der Waals surface area contributed by atoms with E-state index in [1.54, 1.807) is 12.4 Å². The van der Waals surface area contributed by atoms with E-state index in [-0.39, 0.29) is 0 Å². The minimum absolute atomic E-state index is 0.521. The highest BCUT2D eigenvalue weighted by Crippen LogP contribution is 2.27. The molecule has 2 aromatic heterocycles. The third-order valence-electron chi connectivity index (χ3n) is 3.66. The largest absolute Gasteiger partial charge is 0.388 e. The molecule has 5 nitrogen and oxygen atoms in total. The molecule has 0 amide bonds. The summed E-state index contributed by atoms with van der Waals surface area (Å²) in [4.78, 5) is 4.05. The lowest BCUT2D eigenvalue weighted by Crippen LogP contribution is -2.05. The Hall–Kier alpha value is -2.18. The van der Waals surface area contributed by atoms with E-state index >= 15 is 0 Å². The van der Waals surface area contributed by atoms with Gasteiger partial charge in [0.15, 0.2) is 11.0 Å². The zero-order valence-corrected chi connectivity index (χ0v) is 14.4. The summed E-state index contributed by atoms with van der Waals surface area (Å²) in [6.07, 6.45) is 3.98. The van der Waals surface area contributed by atoms with Crippen molar-refractivity contribution < 1.29 is 5.11 Å². The molecule has 0 spiro atoms. The number of nitrogens with zero attached hydrogens (tertiary/aromatic N) is 4. The van der Waals surface area contributed by atoms with Gasteiger partial charge in [-0.2, -0.15) is 0 Å². The van der Waals surface area contributed by atoms with E-state index in [4.69, 9.17) is 0 Å².